The van der Waals surface area contributed by atoms with Gasteiger partial charge in [0.2, 0.25) is 0 Å². The number of pyridine rings is 1. The van der Waals surface area contributed by atoms with E-state index in [-0.39, 0.29) is 11.7 Å². The van der Waals surface area contributed by atoms with E-state index >= 15 is 0 Å². The topological polar surface area (TPSA) is 63.5 Å². The quantitative estimate of drug-likeness (QED) is 0.481. The summed E-state index contributed by atoms with van der Waals surface area (Å²) in [7, 11) is 0. The maximum Gasteiger partial charge on any atom is 0.257 e. The van der Waals surface area contributed by atoms with E-state index in [9.17, 15) is 18.8 Å². The van der Waals surface area contributed by atoms with Crippen LogP contribution in [0.15, 0.2) is 48.7 Å². The third kappa shape index (κ3) is 4.51. The molecule has 0 bridgehead atoms. The fourth-order valence-corrected chi connectivity index (χ4v) is 5.77. The summed E-state index contributed by atoms with van der Waals surface area (Å²) in [5.41, 5.74) is 1.79. The molecule has 186 valence electrons. The van der Waals surface area contributed by atoms with Crippen LogP contribution in [0.3, 0.4) is 0 Å². The van der Waals surface area contributed by atoms with Crippen molar-refractivity contribution in [1.29, 1.82) is 5.26 Å². The number of hydrogen-bond donors (Lipinski definition) is 0. The number of nitriles is 1. The van der Waals surface area contributed by atoms with Crippen LogP contribution in [0.25, 0.3) is 10.9 Å². The van der Waals surface area contributed by atoms with Gasteiger partial charge in [-0.1, -0.05) is 24.1 Å². The molecule has 0 aliphatic carbocycles. The minimum atomic E-state index is -0.739. The highest BCUT2D eigenvalue weighted by atomic mass is 32.2. The molecule has 36 heavy (non-hydrogen) atoms. The SMILES string of the molecule is CSN1CCN(C(=O)c2cnc3ccc(F)cc3c2N2CCC(C#N)(c3ccc(F)cc3)CC2)CC1. The monoisotopic (exact) mass is 507 g/mol. The lowest BCUT2D eigenvalue weighted by Crippen LogP contribution is -2.47. The molecule has 3 heterocycles. The summed E-state index contributed by atoms with van der Waals surface area (Å²) in [6.07, 6.45) is 4.65. The van der Waals surface area contributed by atoms with Gasteiger partial charge in [0.25, 0.3) is 5.91 Å². The van der Waals surface area contributed by atoms with E-state index in [1.807, 2.05) is 11.2 Å². The number of carbonyl (C=O) groups excluding carboxylic acids is 1. The van der Waals surface area contributed by atoms with Crippen molar-refractivity contribution in [3.63, 3.8) is 0 Å². The number of amides is 1. The van der Waals surface area contributed by atoms with Crippen LogP contribution in [-0.4, -0.2) is 65.6 Å². The van der Waals surface area contributed by atoms with Gasteiger partial charge in [-0.25, -0.2) is 13.1 Å². The Hall–Kier alpha value is -3.22. The molecule has 1 amide bonds. The first-order valence-corrected chi connectivity index (χ1v) is 13.2. The van der Waals surface area contributed by atoms with Crippen LogP contribution >= 0.6 is 11.9 Å². The van der Waals surface area contributed by atoms with Gasteiger partial charge < -0.3 is 9.80 Å². The normalized spacial score (nSPS) is 18.3. The van der Waals surface area contributed by atoms with Crippen molar-refractivity contribution in [3.8, 4) is 6.07 Å². The first kappa shape index (κ1) is 24.5. The molecule has 2 aromatic carbocycles. The van der Waals surface area contributed by atoms with Gasteiger partial charge >= 0.3 is 0 Å². The highest BCUT2D eigenvalue weighted by Gasteiger charge is 2.38. The van der Waals surface area contributed by atoms with Crippen LogP contribution in [0.1, 0.15) is 28.8 Å². The number of hydrogen-bond acceptors (Lipinski definition) is 6. The van der Waals surface area contributed by atoms with Crippen LogP contribution in [0.5, 0.6) is 0 Å². The molecule has 2 saturated heterocycles. The minimum absolute atomic E-state index is 0.111. The summed E-state index contributed by atoms with van der Waals surface area (Å²) < 4.78 is 30.1. The molecule has 0 spiro atoms. The summed E-state index contributed by atoms with van der Waals surface area (Å²) in [5, 5.41) is 10.7. The van der Waals surface area contributed by atoms with E-state index < -0.39 is 11.2 Å². The summed E-state index contributed by atoms with van der Waals surface area (Å²) in [4.78, 5) is 22.1. The molecule has 2 aliphatic rings. The number of nitrogens with zero attached hydrogens (tertiary/aromatic N) is 5. The molecular formula is C27H27F2N5OS. The Labute approximate surface area is 213 Å². The number of halogens is 2. The smallest absolute Gasteiger partial charge is 0.257 e. The van der Waals surface area contributed by atoms with Crippen molar-refractivity contribution < 1.29 is 13.6 Å². The van der Waals surface area contributed by atoms with E-state index in [0.29, 0.717) is 61.2 Å². The lowest BCUT2D eigenvalue weighted by atomic mass is 9.74. The molecule has 1 aromatic heterocycles. The number of fused-ring (bicyclic) bond motifs is 1. The number of rotatable bonds is 4. The summed E-state index contributed by atoms with van der Waals surface area (Å²) >= 11 is 1.67. The molecule has 6 nitrogen and oxygen atoms in total. The molecule has 5 rings (SSSR count). The summed E-state index contributed by atoms with van der Waals surface area (Å²) in [6, 6.07) is 13.0. The third-order valence-electron chi connectivity index (χ3n) is 7.36. The maximum absolute atomic E-state index is 14.4. The minimum Gasteiger partial charge on any atom is -0.370 e. The van der Waals surface area contributed by atoms with Crippen molar-refractivity contribution in [2.24, 2.45) is 0 Å². The average molecular weight is 508 g/mol. The number of piperazine rings is 1. The van der Waals surface area contributed by atoms with Crippen LogP contribution in [0.4, 0.5) is 14.5 Å². The molecule has 2 fully saturated rings. The van der Waals surface area contributed by atoms with Crippen LogP contribution in [-0.2, 0) is 5.41 Å². The van der Waals surface area contributed by atoms with E-state index in [4.69, 9.17) is 0 Å². The second kappa shape index (κ2) is 10.0. The fraction of sp³-hybridized carbons (Fsp3) is 0.370. The first-order chi connectivity index (χ1) is 17.4. The Morgan fingerprint density at radius 2 is 1.67 bits per heavy atom. The van der Waals surface area contributed by atoms with Crippen molar-refractivity contribution >= 4 is 34.4 Å². The van der Waals surface area contributed by atoms with Crippen LogP contribution < -0.4 is 4.90 Å². The molecule has 2 aliphatic heterocycles. The molecule has 0 saturated carbocycles. The summed E-state index contributed by atoms with van der Waals surface area (Å²) in [5.74, 6) is -0.838. The number of carbonyl (C=O) groups is 1. The lowest BCUT2D eigenvalue weighted by molar-refractivity contribution is 0.0704. The third-order valence-corrected chi connectivity index (χ3v) is 8.24. The van der Waals surface area contributed by atoms with Gasteiger partial charge in [-0.3, -0.25) is 9.78 Å². The first-order valence-electron chi connectivity index (χ1n) is 12.0. The van der Waals surface area contributed by atoms with Gasteiger partial charge in [-0.15, -0.1) is 0 Å². The van der Waals surface area contributed by atoms with Crippen molar-refractivity contribution in [2.75, 3.05) is 50.4 Å². The predicted octanol–water partition coefficient (Wildman–Crippen LogP) is 4.61. The van der Waals surface area contributed by atoms with E-state index in [1.54, 1.807) is 36.3 Å². The second-order valence-corrected chi connectivity index (χ2v) is 10.2. The lowest BCUT2D eigenvalue weighted by Gasteiger charge is -2.40. The average Bonchev–Trinajstić information content (AvgIpc) is 2.92. The molecule has 9 heteroatoms. The number of benzene rings is 2. The number of piperidine rings is 1. The van der Waals surface area contributed by atoms with Gasteiger partial charge in [-0.2, -0.15) is 5.26 Å². The van der Waals surface area contributed by atoms with Crippen LogP contribution in [0.2, 0.25) is 0 Å². The number of aromatic nitrogens is 1. The molecule has 3 aromatic rings. The molecule has 0 N–H and O–H groups in total. The standard InChI is InChI=1S/C27H27F2N5OS/c1-36-34-14-12-33(13-15-34)26(35)23-17-31-24-7-6-21(29)16-22(24)25(23)32-10-8-27(18-30,9-11-32)19-2-4-20(28)5-3-19/h2-7,16-17H,8-15H2,1H3. The van der Waals surface area contributed by atoms with Gasteiger partial charge in [0, 0.05) is 50.9 Å². The van der Waals surface area contributed by atoms with Gasteiger partial charge in [-0.05, 0) is 55.0 Å². The molecule has 0 radical (unpaired) electrons. The second-order valence-electron chi connectivity index (χ2n) is 9.27. The molecule has 0 atom stereocenters. The zero-order valence-electron chi connectivity index (χ0n) is 20.1. The van der Waals surface area contributed by atoms with E-state index in [2.05, 4.69) is 20.3 Å². The Kier molecular flexibility index (Phi) is 6.82. The van der Waals surface area contributed by atoms with Crippen molar-refractivity contribution in [2.45, 2.75) is 18.3 Å². The predicted molar refractivity (Wildman–Crippen MR) is 138 cm³/mol. The largest absolute Gasteiger partial charge is 0.370 e. The molecule has 0 unspecified atom stereocenters. The van der Waals surface area contributed by atoms with Gasteiger partial charge in [0.1, 0.15) is 11.6 Å². The fourth-order valence-electron chi connectivity index (χ4n) is 5.24. The maximum atomic E-state index is 14.4. The number of anilines is 1. The van der Waals surface area contributed by atoms with Gasteiger partial charge in [0.15, 0.2) is 0 Å². The molecular weight excluding hydrogens is 480 g/mol. The van der Waals surface area contributed by atoms with Crippen LogP contribution in [0, 0.1) is 23.0 Å². The highest BCUT2D eigenvalue weighted by Crippen LogP contribution is 2.39. The van der Waals surface area contributed by atoms with E-state index in [0.717, 1.165) is 18.7 Å². The summed E-state index contributed by atoms with van der Waals surface area (Å²) in [6.45, 7) is 3.79. The Morgan fingerprint density at radius 1 is 1.00 bits per heavy atom. The Bertz CT molecular complexity index is 1310. The van der Waals surface area contributed by atoms with Crippen molar-refractivity contribution in [3.05, 3.63) is 71.4 Å². The Balaban J connectivity index is 1.49. The highest BCUT2D eigenvalue weighted by molar-refractivity contribution is 7.96. The van der Waals surface area contributed by atoms with E-state index in [1.165, 1.54) is 24.3 Å². The van der Waals surface area contributed by atoms with Gasteiger partial charge in [0.05, 0.1) is 28.3 Å². The zero-order chi connectivity index (χ0) is 25.3. The Morgan fingerprint density at radius 3 is 2.31 bits per heavy atom. The van der Waals surface area contributed by atoms with Crippen molar-refractivity contribution in [1.82, 2.24) is 14.2 Å². The zero-order valence-corrected chi connectivity index (χ0v) is 20.9.